The van der Waals surface area contributed by atoms with E-state index in [4.69, 9.17) is 23.7 Å². The number of rotatable bonds is 8. The van der Waals surface area contributed by atoms with Gasteiger partial charge in [-0.25, -0.2) is 4.79 Å². The molecule has 2 aliphatic rings. The fraction of sp³-hybridized carbons (Fsp3) is 0.281. The van der Waals surface area contributed by atoms with Crippen molar-refractivity contribution in [1.82, 2.24) is 0 Å². The van der Waals surface area contributed by atoms with Crippen molar-refractivity contribution in [2.24, 2.45) is 0 Å². The number of aliphatic hydroxyl groups is 3. The van der Waals surface area contributed by atoms with E-state index in [0.29, 0.717) is 5.56 Å². The highest BCUT2D eigenvalue weighted by Crippen LogP contribution is 2.43. The molecule has 3 aromatic carbocycles. The van der Waals surface area contributed by atoms with Gasteiger partial charge in [0.25, 0.3) is 0 Å². The third-order valence-electron chi connectivity index (χ3n) is 7.44. The summed E-state index contributed by atoms with van der Waals surface area (Å²) in [5.41, 5.74) is 0.0649. The molecule has 0 aromatic heterocycles. The van der Waals surface area contributed by atoms with Crippen molar-refractivity contribution in [3.63, 3.8) is 0 Å². The van der Waals surface area contributed by atoms with Crippen molar-refractivity contribution >= 4 is 23.8 Å². The molecule has 7 atom stereocenters. The van der Waals surface area contributed by atoms with Gasteiger partial charge >= 0.3 is 11.9 Å². The van der Waals surface area contributed by atoms with Gasteiger partial charge in [-0.2, -0.15) is 0 Å². The first-order chi connectivity index (χ1) is 22.7. The van der Waals surface area contributed by atoms with Gasteiger partial charge in [0.05, 0.1) is 0 Å². The monoisotopic (exact) mass is 670 g/mol. The predicted molar refractivity (Wildman–Crippen MR) is 158 cm³/mol. The Kier molecular flexibility index (Phi) is 9.62. The van der Waals surface area contributed by atoms with Crippen molar-refractivity contribution < 1.29 is 78.9 Å². The number of hydrogen-bond acceptors (Lipinski definition) is 16. The van der Waals surface area contributed by atoms with Gasteiger partial charge in [0.1, 0.15) is 47.7 Å². The molecule has 8 N–H and O–H groups in total. The minimum absolute atomic E-state index is 0.110. The third kappa shape index (κ3) is 7.06. The van der Waals surface area contributed by atoms with Crippen LogP contribution < -0.4 is 9.47 Å². The van der Waals surface area contributed by atoms with Gasteiger partial charge in [0.2, 0.25) is 12.1 Å². The average molecular weight is 671 g/mol. The molecule has 0 aliphatic carbocycles. The molecule has 3 aromatic rings. The van der Waals surface area contributed by atoms with Crippen LogP contribution in [-0.2, 0) is 23.8 Å². The zero-order valence-corrected chi connectivity index (χ0v) is 24.9. The molecule has 1 saturated heterocycles. The number of ether oxygens (including phenoxy) is 5. The van der Waals surface area contributed by atoms with E-state index in [1.54, 1.807) is 0 Å². The van der Waals surface area contributed by atoms with Gasteiger partial charge in [0, 0.05) is 25.1 Å². The number of benzene rings is 3. The molecule has 48 heavy (non-hydrogen) atoms. The Morgan fingerprint density at radius 1 is 0.854 bits per heavy atom. The molecule has 16 heteroatoms. The van der Waals surface area contributed by atoms with Crippen molar-refractivity contribution in [1.29, 1.82) is 0 Å². The van der Waals surface area contributed by atoms with E-state index in [1.165, 1.54) is 30.3 Å². The quantitative estimate of drug-likeness (QED) is 0.0941. The van der Waals surface area contributed by atoms with Crippen LogP contribution in [0.1, 0.15) is 34.5 Å². The predicted octanol–water partition coefficient (Wildman–Crippen LogP) is 0.906. The van der Waals surface area contributed by atoms with Gasteiger partial charge in [-0.15, -0.1) is 0 Å². The molecule has 2 heterocycles. The number of esters is 2. The lowest BCUT2D eigenvalue weighted by Crippen LogP contribution is -2.61. The lowest BCUT2D eigenvalue weighted by Gasteiger charge is -2.41. The molecule has 254 valence electrons. The Morgan fingerprint density at radius 2 is 1.54 bits per heavy atom. The first-order valence-electron chi connectivity index (χ1n) is 14.2. The minimum atomic E-state index is -1.82. The number of ketones is 1. The van der Waals surface area contributed by atoms with Crippen LogP contribution in [-0.4, -0.2) is 102 Å². The highest BCUT2D eigenvalue weighted by atomic mass is 16.7. The number of carbonyl (C=O) groups excluding carboxylic acids is 3. The van der Waals surface area contributed by atoms with Crippen LogP contribution in [0.2, 0.25) is 0 Å². The van der Waals surface area contributed by atoms with Crippen LogP contribution >= 0.6 is 0 Å². The Morgan fingerprint density at radius 3 is 2.21 bits per heavy atom. The van der Waals surface area contributed by atoms with Crippen molar-refractivity contribution in [2.75, 3.05) is 6.61 Å². The van der Waals surface area contributed by atoms with Crippen molar-refractivity contribution in [3.8, 4) is 40.2 Å². The Hall–Kier alpha value is -5.55. The summed E-state index contributed by atoms with van der Waals surface area (Å²) in [6.07, 6.45) is -9.24. The zero-order chi connectivity index (χ0) is 34.9. The second kappa shape index (κ2) is 13.7. The van der Waals surface area contributed by atoms with Crippen LogP contribution in [0.3, 0.4) is 0 Å². The summed E-state index contributed by atoms with van der Waals surface area (Å²) in [6.45, 7) is 0.405. The molecule has 0 radical (unpaired) electrons. The van der Waals surface area contributed by atoms with E-state index >= 15 is 0 Å². The van der Waals surface area contributed by atoms with Gasteiger partial charge in [-0.05, 0) is 41.5 Å². The second-order valence-electron chi connectivity index (χ2n) is 10.8. The lowest BCUT2D eigenvalue weighted by atomic mass is 9.92. The van der Waals surface area contributed by atoms with Gasteiger partial charge in [-0.1, -0.05) is 12.1 Å². The summed E-state index contributed by atoms with van der Waals surface area (Å²) in [7, 11) is 0. The maximum absolute atomic E-state index is 13.0. The van der Waals surface area contributed by atoms with Gasteiger partial charge < -0.3 is 64.5 Å². The molecule has 0 saturated carbocycles. The normalized spacial score (nSPS) is 25.2. The second-order valence-corrected chi connectivity index (χ2v) is 10.8. The molecule has 0 spiro atoms. The number of carbonyl (C=O) groups is 3. The Balaban J connectivity index is 1.35. The number of aliphatic hydroxyl groups excluding tert-OH is 3. The van der Waals surface area contributed by atoms with Crippen LogP contribution in [0.15, 0.2) is 54.6 Å². The number of phenolic OH excluding ortho intramolecular Hbond substituents is 5. The maximum atomic E-state index is 13.0. The Labute approximate surface area is 270 Å². The highest BCUT2D eigenvalue weighted by Gasteiger charge is 2.48. The average Bonchev–Trinajstić information content (AvgIpc) is 3.03. The third-order valence-corrected chi connectivity index (χ3v) is 7.44. The molecule has 0 amide bonds. The van der Waals surface area contributed by atoms with Crippen LogP contribution in [0, 0.1) is 0 Å². The SMILES string of the molecule is CC(=O)O[C@H]1[C@H](Oc2cc(O)c3c(c2)O[C@H](c2ccc(O)c(O)c2)[C@@H](O)C3=O)O[C@H](COC(=O)C=Cc2ccc(O)c(O)c2)[C@H](O)[C@@H]1O. The summed E-state index contributed by atoms with van der Waals surface area (Å²) >= 11 is 0. The van der Waals surface area contributed by atoms with Crippen LogP contribution in [0.25, 0.3) is 6.08 Å². The first-order valence-corrected chi connectivity index (χ1v) is 14.2. The molecule has 5 rings (SSSR count). The fourth-order valence-corrected chi connectivity index (χ4v) is 5.05. The largest absolute Gasteiger partial charge is 0.507 e. The molecule has 0 bridgehead atoms. The topological polar surface area (TPSA) is 259 Å². The summed E-state index contributed by atoms with van der Waals surface area (Å²) in [6, 6.07) is 9.43. The standard InChI is InChI=1S/C32H30O16/c1-13(33)45-31-28(42)26(40)23(12-44-24(39)7-3-14-2-5-17(34)19(36)8-14)48-32(31)46-16-10-21(38)25-22(11-16)47-30(29(43)27(25)41)15-4-6-18(35)20(37)9-15/h2-11,23,26,28-32,34-38,40,42-43H,12H2,1H3/t23-,26+,28+,29+,30-,31-,32-/m1/s1. The highest BCUT2D eigenvalue weighted by molar-refractivity contribution is 6.05. The molecule has 0 unspecified atom stereocenters. The number of hydrogen-bond donors (Lipinski definition) is 8. The molecule has 16 nitrogen and oxygen atoms in total. The van der Waals surface area contributed by atoms with E-state index < -0.39 is 95.8 Å². The lowest BCUT2D eigenvalue weighted by molar-refractivity contribution is -0.282. The van der Waals surface area contributed by atoms with E-state index in [-0.39, 0.29) is 22.8 Å². The Bertz CT molecular complexity index is 1750. The van der Waals surface area contributed by atoms with Crippen LogP contribution in [0.5, 0.6) is 40.2 Å². The van der Waals surface area contributed by atoms with Crippen LogP contribution in [0.4, 0.5) is 0 Å². The maximum Gasteiger partial charge on any atom is 0.330 e. The van der Waals surface area contributed by atoms with E-state index in [2.05, 4.69) is 0 Å². The number of phenols is 5. The molecular formula is C32H30O16. The van der Waals surface area contributed by atoms with E-state index in [1.807, 2.05) is 0 Å². The van der Waals surface area contributed by atoms with Crippen molar-refractivity contribution in [3.05, 3.63) is 71.3 Å². The molecular weight excluding hydrogens is 640 g/mol. The van der Waals surface area contributed by atoms with Gasteiger partial charge in [-0.3, -0.25) is 9.59 Å². The van der Waals surface area contributed by atoms with Crippen molar-refractivity contribution in [2.45, 2.75) is 49.8 Å². The number of Topliss-reactive ketones (excluding diaryl/α,β-unsaturated/α-hetero) is 1. The fourth-order valence-electron chi connectivity index (χ4n) is 5.05. The molecule has 2 aliphatic heterocycles. The summed E-state index contributed by atoms with van der Waals surface area (Å²) in [5, 5.41) is 81.3. The number of fused-ring (bicyclic) bond motifs is 1. The zero-order valence-electron chi connectivity index (χ0n) is 24.9. The van der Waals surface area contributed by atoms with Gasteiger partial charge in [0.15, 0.2) is 41.3 Å². The first kappa shape index (κ1) is 33.8. The summed E-state index contributed by atoms with van der Waals surface area (Å²) in [4.78, 5) is 37.2. The summed E-state index contributed by atoms with van der Waals surface area (Å²) < 4.78 is 27.5. The number of aromatic hydroxyl groups is 5. The smallest absolute Gasteiger partial charge is 0.330 e. The molecule has 1 fully saturated rings. The van der Waals surface area contributed by atoms with E-state index in [0.717, 1.165) is 37.3 Å². The summed E-state index contributed by atoms with van der Waals surface area (Å²) in [5.74, 6) is -5.67. The van der Waals surface area contributed by atoms with E-state index in [9.17, 15) is 55.2 Å². The minimum Gasteiger partial charge on any atom is -0.507 e.